The van der Waals surface area contributed by atoms with Crippen LogP contribution in [-0.4, -0.2) is 42.2 Å². The number of rotatable bonds is 5. The first-order valence-electron chi connectivity index (χ1n) is 8.27. The standard InChI is InChI=1S/C18H22ClN3O3/c1-11-14(18(19)25-21-11)7-8-17(23)22-9-15(16(20)10-22)12-3-5-13(24-2)6-4-12/h3-6,15-16H,7-10,20H2,1-2H3/t15-,16+/m0/s1. The van der Waals surface area contributed by atoms with Crippen molar-refractivity contribution in [2.75, 3.05) is 20.2 Å². The van der Waals surface area contributed by atoms with E-state index in [9.17, 15) is 4.79 Å². The lowest BCUT2D eigenvalue weighted by atomic mass is 9.95. The summed E-state index contributed by atoms with van der Waals surface area (Å²) in [5.74, 6) is 1.02. The summed E-state index contributed by atoms with van der Waals surface area (Å²) >= 11 is 5.95. The Morgan fingerprint density at radius 1 is 1.40 bits per heavy atom. The van der Waals surface area contributed by atoms with Gasteiger partial charge in [-0.05, 0) is 42.6 Å². The third-order valence-corrected chi connectivity index (χ3v) is 5.08. The van der Waals surface area contributed by atoms with Gasteiger partial charge in [-0.15, -0.1) is 0 Å². The van der Waals surface area contributed by atoms with E-state index in [2.05, 4.69) is 5.16 Å². The Labute approximate surface area is 151 Å². The van der Waals surface area contributed by atoms with Gasteiger partial charge in [-0.2, -0.15) is 0 Å². The highest BCUT2D eigenvalue weighted by molar-refractivity contribution is 6.29. The molecule has 0 bridgehead atoms. The summed E-state index contributed by atoms with van der Waals surface area (Å²) in [6.07, 6.45) is 0.885. The Hall–Kier alpha value is -2.05. The zero-order valence-corrected chi connectivity index (χ0v) is 15.1. The van der Waals surface area contributed by atoms with E-state index >= 15 is 0 Å². The van der Waals surface area contributed by atoms with Crippen LogP contribution in [0.2, 0.25) is 5.22 Å². The van der Waals surface area contributed by atoms with Gasteiger partial charge in [-0.1, -0.05) is 17.3 Å². The van der Waals surface area contributed by atoms with Crippen molar-refractivity contribution in [2.24, 2.45) is 5.73 Å². The fourth-order valence-corrected chi connectivity index (χ4v) is 3.53. The van der Waals surface area contributed by atoms with E-state index < -0.39 is 0 Å². The zero-order chi connectivity index (χ0) is 18.0. The maximum Gasteiger partial charge on any atom is 0.229 e. The second-order valence-corrected chi connectivity index (χ2v) is 6.71. The van der Waals surface area contributed by atoms with E-state index in [1.807, 2.05) is 36.1 Å². The summed E-state index contributed by atoms with van der Waals surface area (Å²) in [6, 6.07) is 7.79. The molecule has 1 aromatic carbocycles. The van der Waals surface area contributed by atoms with Crippen LogP contribution in [0.1, 0.15) is 29.2 Å². The van der Waals surface area contributed by atoms with Crippen molar-refractivity contribution in [3.8, 4) is 5.75 Å². The molecule has 2 aromatic rings. The molecule has 1 aromatic heterocycles. The molecule has 0 radical (unpaired) electrons. The first-order valence-corrected chi connectivity index (χ1v) is 8.65. The topological polar surface area (TPSA) is 81.6 Å². The molecule has 0 aliphatic carbocycles. The number of aromatic nitrogens is 1. The number of benzene rings is 1. The Morgan fingerprint density at radius 3 is 2.72 bits per heavy atom. The minimum atomic E-state index is -0.0711. The number of nitrogens with two attached hydrogens (primary N) is 1. The maximum absolute atomic E-state index is 12.5. The molecule has 2 N–H and O–H groups in total. The predicted octanol–water partition coefficient (Wildman–Crippen LogP) is 2.53. The number of carbonyl (C=O) groups is 1. The van der Waals surface area contributed by atoms with Crippen LogP contribution in [0.5, 0.6) is 5.75 Å². The molecule has 2 atom stereocenters. The van der Waals surface area contributed by atoms with Crippen LogP contribution in [0.4, 0.5) is 0 Å². The third kappa shape index (κ3) is 3.80. The molecule has 1 aliphatic rings. The van der Waals surface area contributed by atoms with Crippen molar-refractivity contribution in [1.82, 2.24) is 10.1 Å². The van der Waals surface area contributed by atoms with Crippen LogP contribution in [0.15, 0.2) is 28.8 Å². The normalized spacial score (nSPS) is 20.1. The molecule has 0 spiro atoms. The number of carbonyl (C=O) groups excluding carboxylic acids is 1. The second-order valence-electron chi connectivity index (χ2n) is 6.36. The molecule has 0 saturated carbocycles. The van der Waals surface area contributed by atoms with Crippen LogP contribution >= 0.6 is 11.6 Å². The lowest BCUT2D eigenvalue weighted by Crippen LogP contribution is -2.32. The van der Waals surface area contributed by atoms with E-state index in [-0.39, 0.29) is 23.1 Å². The number of ether oxygens (including phenoxy) is 1. The molecule has 134 valence electrons. The third-order valence-electron chi connectivity index (χ3n) is 4.79. The van der Waals surface area contributed by atoms with Crippen LogP contribution in [0.25, 0.3) is 0 Å². The van der Waals surface area contributed by atoms with E-state index in [0.717, 1.165) is 22.6 Å². The Balaban J connectivity index is 1.61. The number of amides is 1. The predicted molar refractivity (Wildman–Crippen MR) is 94.9 cm³/mol. The van der Waals surface area contributed by atoms with E-state index in [1.54, 1.807) is 7.11 Å². The number of nitrogens with zero attached hydrogens (tertiary/aromatic N) is 2. The minimum Gasteiger partial charge on any atom is -0.497 e. The van der Waals surface area contributed by atoms with Gasteiger partial charge in [0, 0.05) is 37.0 Å². The number of likely N-dealkylation sites (tertiary alicyclic amines) is 1. The lowest BCUT2D eigenvalue weighted by molar-refractivity contribution is -0.130. The summed E-state index contributed by atoms with van der Waals surface area (Å²) < 4.78 is 10.1. The molecule has 1 saturated heterocycles. The summed E-state index contributed by atoms with van der Waals surface area (Å²) in [6.45, 7) is 3.01. The van der Waals surface area contributed by atoms with E-state index in [4.69, 9.17) is 26.6 Å². The average molecular weight is 364 g/mol. The van der Waals surface area contributed by atoms with Crippen LogP contribution < -0.4 is 10.5 Å². The van der Waals surface area contributed by atoms with Crippen molar-refractivity contribution in [1.29, 1.82) is 0 Å². The molecule has 1 fully saturated rings. The Bertz CT molecular complexity index is 725. The maximum atomic E-state index is 12.5. The van der Waals surface area contributed by atoms with Gasteiger partial charge >= 0.3 is 0 Å². The first kappa shape index (κ1) is 17.8. The highest BCUT2D eigenvalue weighted by atomic mass is 35.5. The number of methoxy groups -OCH3 is 1. The van der Waals surface area contributed by atoms with Gasteiger partial charge in [0.05, 0.1) is 12.8 Å². The van der Waals surface area contributed by atoms with Crippen molar-refractivity contribution in [3.05, 3.63) is 46.3 Å². The van der Waals surface area contributed by atoms with Crippen molar-refractivity contribution in [3.63, 3.8) is 0 Å². The van der Waals surface area contributed by atoms with E-state index in [1.165, 1.54) is 0 Å². The van der Waals surface area contributed by atoms with Crippen molar-refractivity contribution >= 4 is 17.5 Å². The van der Waals surface area contributed by atoms with Gasteiger partial charge in [0.15, 0.2) is 0 Å². The molecular weight excluding hydrogens is 342 g/mol. The SMILES string of the molecule is COc1ccc([C@@H]2CN(C(=O)CCc3c(C)noc3Cl)C[C@H]2N)cc1. The quantitative estimate of drug-likeness (QED) is 0.882. The monoisotopic (exact) mass is 363 g/mol. The number of aryl methyl sites for hydroxylation is 1. The van der Waals surface area contributed by atoms with Crippen molar-refractivity contribution < 1.29 is 14.1 Å². The van der Waals surface area contributed by atoms with Crippen LogP contribution in [0.3, 0.4) is 0 Å². The Morgan fingerprint density at radius 2 is 2.12 bits per heavy atom. The number of halogens is 1. The molecule has 2 heterocycles. The summed E-state index contributed by atoms with van der Waals surface area (Å²) in [5, 5.41) is 4.07. The molecule has 1 aliphatic heterocycles. The van der Waals surface area contributed by atoms with Crippen molar-refractivity contribution in [2.45, 2.75) is 31.7 Å². The fraction of sp³-hybridized carbons (Fsp3) is 0.444. The lowest BCUT2D eigenvalue weighted by Gasteiger charge is -2.16. The molecule has 6 nitrogen and oxygen atoms in total. The summed E-state index contributed by atoms with van der Waals surface area (Å²) in [7, 11) is 1.64. The second kappa shape index (κ2) is 7.45. The summed E-state index contributed by atoms with van der Waals surface area (Å²) in [5.41, 5.74) is 8.93. The van der Waals surface area contributed by atoms with E-state index in [0.29, 0.717) is 25.9 Å². The molecule has 3 rings (SSSR count). The van der Waals surface area contributed by atoms with Crippen LogP contribution in [0, 0.1) is 6.92 Å². The average Bonchev–Trinajstić information content (AvgIpc) is 3.16. The number of hydrogen-bond donors (Lipinski definition) is 1. The highest BCUT2D eigenvalue weighted by Gasteiger charge is 2.33. The molecule has 0 unspecified atom stereocenters. The fourth-order valence-electron chi connectivity index (χ4n) is 3.27. The van der Waals surface area contributed by atoms with Gasteiger partial charge in [0.2, 0.25) is 11.1 Å². The molecular formula is C18H22ClN3O3. The van der Waals surface area contributed by atoms with Gasteiger partial charge in [-0.3, -0.25) is 4.79 Å². The van der Waals surface area contributed by atoms with Gasteiger partial charge in [0.25, 0.3) is 0 Å². The number of hydrogen-bond acceptors (Lipinski definition) is 5. The molecule has 7 heteroatoms. The molecule has 1 amide bonds. The largest absolute Gasteiger partial charge is 0.497 e. The highest BCUT2D eigenvalue weighted by Crippen LogP contribution is 2.29. The summed E-state index contributed by atoms with van der Waals surface area (Å²) in [4.78, 5) is 14.4. The minimum absolute atomic E-state index is 0.0711. The van der Waals surface area contributed by atoms with Gasteiger partial charge in [0.1, 0.15) is 5.75 Å². The van der Waals surface area contributed by atoms with Gasteiger partial charge < -0.3 is 19.9 Å². The Kier molecular flexibility index (Phi) is 5.30. The smallest absolute Gasteiger partial charge is 0.229 e. The zero-order valence-electron chi connectivity index (χ0n) is 14.4. The molecule has 25 heavy (non-hydrogen) atoms. The van der Waals surface area contributed by atoms with Crippen LogP contribution in [-0.2, 0) is 11.2 Å². The van der Waals surface area contributed by atoms with Gasteiger partial charge in [-0.25, -0.2) is 0 Å². The first-order chi connectivity index (χ1) is 12.0.